The number of amides is 1. The molecule has 0 unspecified atom stereocenters. The van der Waals surface area contributed by atoms with Gasteiger partial charge in [0.25, 0.3) is 5.91 Å². The van der Waals surface area contributed by atoms with Crippen LogP contribution in [0.25, 0.3) is 10.9 Å². The lowest BCUT2D eigenvalue weighted by atomic mass is 10.1. The number of fused-ring (bicyclic) bond motifs is 1. The lowest BCUT2D eigenvalue weighted by molar-refractivity contribution is 0.0526. The van der Waals surface area contributed by atoms with Crippen molar-refractivity contribution < 1.29 is 14.3 Å². The van der Waals surface area contributed by atoms with Crippen LogP contribution >= 0.6 is 11.6 Å². The van der Waals surface area contributed by atoms with E-state index in [2.05, 4.69) is 10.3 Å². The Labute approximate surface area is 149 Å². The van der Waals surface area contributed by atoms with Crippen LogP contribution in [0.15, 0.2) is 54.6 Å². The average molecular weight is 355 g/mol. The number of esters is 1. The summed E-state index contributed by atoms with van der Waals surface area (Å²) in [5, 5.41) is 3.76. The van der Waals surface area contributed by atoms with Gasteiger partial charge in [0.1, 0.15) is 5.15 Å². The predicted octanol–water partition coefficient (Wildman–Crippen LogP) is 4.32. The Morgan fingerprint density at radius 3 is 2.56 bits per heavy atom. The standard InChI is InChI=1S/C19H15ClN2O3/c1-2-25-19(24)12-7-9-13(10-8-12)21-18(23)15-11-17(20)22-16-6-4-3-5-14(15)16/h3-11H,2H2,1H3,(H,21,23). The van der Waals surface area contributed by atoms with Crippen molar-refractivity contribution >= 4 is 40.1 Å². The smallest absolute Gasteiger partial charge is 0.338 e. The van der Waals surface area contributed by atoms with Crippen LogP contribution in [-0.4, -0.2) is 23.5 Å². The quantitative estimate of drug-likeness (QED) is 0.559. The van der Waals surface area contributed by atoms with Crippen LogP contribution in [-0.2, 0) is 4.74 Å². The Bertz CT molecular complexity index is 939. The monoisotopic (exact) mass is 354 g/mol. The molecule has 3 aromatic rings. The van der Waals surface area contributed by atoms with Crippen molar-refractivity contribution in [2.45, 2.75) is 6.92 Å². The zero-order valence-electron chi connectivity index (χ0n) is 13.5. The summed E-state index contributed by atoms with van der Waals surface area (Å²) in [4.78, 5) is 28.5. The number of hydrogen-bond donors (Lipinski definition) is 1. The normalized spacial score (nSPS) is 10.5. The minimum atomic E-state index is -0.396. The molecule has 0 spiro atoms. The number of pyridine rings is 1. The predicted molar refractivity (Wildman–Crippen MR) is 97.1 cm³/mol. The number of halogens is 1. The Morgan fingerprint density at radius 1 is 1.12 bits per heavy atom. The van der Waals surface area contributed by atoms with E-state index in [1.54, 1.807) is 37.3 Å². The third kappa shape index (κ3) is 3.78. The number of aromatic nitrogens is 1. The first-order chi connectivity index (χ1) is 12.1. The number of nitrogens with one attached hydrogen (secondary N) is 1. The molecule has 0 radical (unpaired) electrons. The molecule has 1 aromatic heterocycles. The Hall–Kier alpha value is -2.92. The molecule has 0 saturated heterocycles. The number of ether oxygens (including phenoxy) is 1. The molecule has 126 valence electrons. The third-order valence-electron chi connectivity index (χ3n) is 3.58. The summed E-state index contributed by atoms with van der Waals surface area (Å²) in [6.45, 7) is 2.06. The molecule has 1 N–H and O–H groups in total. The fourth-order valence-electron chi connectivity index (χ4n) is 2.43. The molecule has 1 amide bonds. The largest absolute Gasteiger partial charge is 0.462 e. The molecule has 0 bridgehead atoms. The molecule has 25 heavy (non-hydrogen) atoms. The van der Waals surface area contributed by atoms with Crippen molar-refractivity contribution in [2.75, 3.05) is 11.9 Å². The molecule has 6 heteroatoms. The van der Waals surface area contributed by atoms with Gasteiger partial charge in [-0.25, -0.2) is 9.78 Å². The molecule has 2 aromatic carbocycles. The first-order valence-corrected chi connectivity index (χ1v) is 8.10. The maximum Gasteiger partial charge on any atom is 0.338 e. The number of carbonyl (C=O) groups excluding carboxylic acids is 2. The molecule has 0 aliphatic rings. The summed E-state index contributed by atoms with van der Waals surface area (Å²) in [5.41, 5.74) is 2.08. The zero-order valence-corrected chi connectivity index (χ0v) is 14.2. The maximum absolute atomic E-state index is 12.6. The number of anilines is 1. The van der Waals surface area contributed by atoms with Crippen molar-refractivity contribution in [3.8, 4) is 0 Å². The number of benzene rings is 2. The summed E-state index contributed by atoms with van der Waals surface area (Å²) >= 11 is 6.01. The molecule has 0 fully saturated rings. The van der Waals surface area contributed by atoms with Crippen molar-refractivity contribution in [3.63, 3.8) is 0 Å². The van der Waals surface area contributed by atoms with E-state index in [0.717, 1.165) is 0 Å². The van der Waals surface area contributed by atoms with Gasteiger partial charge in [-0.15, -0.1) is 0 Å². The van der Waals surface area contributed by atoms with Gasteiger partial charge in [0.2, 0.25) is 0 Å². The second kappa shape index (κ2) is 7.32. The number of carbonyl (C=O) groups is 2. The molecule has 1 heterocycles. The van der Waals surface area contributed by atoms with E-state index in [4.69, 9.17) is 16.3 Å². The van der Waals surface area contributed by atoms with Gasteiger partial charge in [0.05, 0.1) is 23.3 Å². The van der Waals surface area contributed by atoms with Crippen LogP contribution in [0.5, 0.6) is 0 Å². The summed E-state index contributed by atoms with van der Waals surface area (Å²) in [6.07, 6.45) is 0. The van der Waals surface area contributed by atoms with Gasteiger partial charge >= 0.3 is 5.97 Å². The van der Waals surface area contributed by atoms with Crippen molar-refractivity contribution in [1.29, 1.82) is 0 Å². The van der Waals surface area contributed by atoms with Crippen LogP contribution < -0.4 is 5.32 Å². The summed E-state index contributed by atoms with van der Waals surface area (Å²) in [6, 6.07) is 15.3. The Kier molecular flexibility index (Phi) is 4.95. The van der Waals surface area contributed by atoms with Crippen molar-refractivity contribution in [3.05, 3.63) is 70.9 Å². The third-order valence-corrected chi connectivity index (χ3v) is 3.78. The number of nitrogens with zero attached hydrogens (tertiary/aromatic N) is 1. The first-order valence-electron chi connectivity index (χ1n) is 7.72. The van der Waals surface area contributed by atoms with Crippen LogP contribution in [0.3, 0.4) is 0 Å². The van der Waals surface area contributed by atoms with E-state index >= 15 is 0 Å². The number of hydrogen-bond acceptors (Lipinski definition) is 4. The number of para-hydroxylation sites is 1. The molecule has 0 aliphatic heterocycles. The Balaban J connectivity index is 1.84. The van der Waals surface area contributed by atoms with E-state index < -0.39 is 5.97 Å². The molecule has 0 saturated carbocycles. The van der Waals surface area contributed by atoms with E-state index in [-0.39, 0.29) is 11.1 Å². The summed E-state index contributed by atoms with van der Waals surface area (Å²) in [5.74, 6) is -0.698. The Morgan fingerprint density at radius 2 is 1.84 bits per heavy atom. The summed E-state index contributed by atoms with van der Waals surface area (Å²) < 4.78 is 4.93. The topological polar surface area (TPSA) is 68.3 Å². The van der Waals surface area contributed by atoms with Crippen LogP contribution in [0.2, 0.25) is 5.15 Å². The van der Waals surface area contributed by atoms with E-state index in [0.29, 0.717) is 34.3 Å². The van der Waals surface area contributed by atoms with Crippen LogP contribution in [0.4, 0.5) is 5.69 Å². The van der Waals surface area contributed by atoms with E-state index in [9.17, 15) is 9.59 Å². The number of rotatable bonds is 4. The van der Waals surface area contributed by atoms with Gasteiger partial charge in [-0.3, -0.25) is 4.79 Å². The van der Waals surface area contributed by atoms with E-state index in [1.807, 2.05) is 18.2 Å². The van der Waals surface area contributed by atoms with Gasteiger partial charge in [-0.2, -0.15) is 0 Å². The van der Waals surface area contributed by atoms with Gasteiger partial charge in [0.15, 0.2) is 0 Å². The molecule has 5 nitrogen and oxygen atoms in total. The van der Waals surface area contributed by atoms with Gasteiger partial charge in [-0.05, 0) is 43.3 Å². The maximum atomic E-state index is 12.6. The molecular weight excluding hydrogens is 340 g/mol. The van der Waals surface area contributed by atoms with Gasteiger partial charge < -0.3 is 10.1 Å². The molecule has 0 atom stereocenters. The highest BCUT2D eigenvalue weighted by Gasteiger charge is 2.13. The van der Waals surface area contributed by atoms with Crippen LogP contribution in [0.1, 0.15) is 27.6 Å². The first kappa shape index (κ1) is 16.9. The van der Waals surface area contributed by atoms with E-state index in [1.165, 1.54) is 6.07 Å². The van der Waals surface area contributed by atoms with Crippen LogP contribution in [0, 0.1) is 0 Å². The van der Waals surface area contributed by atoms with Crippen molar-refractivity contribution in [2.24, 2.45) is 0 Å². The summed E-state index contributed by atoms with van der Waals surface area (Å²) in [7, 11) is 0. The average Bonchev–Trinajstić information content (AvgIpc) is 2.61. The second-order valence-electron chi connectivity index (χ2n) is 5.26. The minimum Gasteiger partial charge on any atom is -0.462 e. The SMILES string of the molecule is CCOC(=O)c1ccc(NC(=O)c2cc(Cl)nc3ccccc23)cc1. The highest BCUT2D eigenvalue weighted by molar-refractivity contribution is 6.30. The minimum absolute atomic E-state index is 0.251. The molecule has 0 aliphatic carbocycles. The second-order valence-corrected chi connectivity index (χ2v) is 5.65. The zero-order chi connectivity index (χ0) is 17.8. The fraction of sp³-hybridized carbons (Fsp3) is 0.105. The van der Waals surface area contributed by atoms with Gasteiger partial charge in [0, 0.05) is 11.1 Å². The lowest BCUT2D eigenvalue weighted by Crippen LogP contribution is -2.13. The highest BCUT2D eigenvalue weighted by atomic mass is 35.5. The fourth-order valence-corrected chi connectivity index (χ4v) is 2.63. The van der Waals surface area contributed by atoms with Crippen molar-refractivity contribution in [1.82, 2.24) is 4.98 Å². The molecular formula is C19H15ClN2O3. The lowest BCUT2D eigenvalue weighted by Gasteiger charge is -2.09. The molecule has 3 rings (SSSR count). The van der Waals surface area contributed by atoms with Gasteiger partial charge in [-0.1, -0.05) is 29.8 Å². The highest BCUT2D eigenvalue weighted by Crippen LogP contribution is 2.22.